The molecule has 3 amide bonds. The summed E-state index contributed by atoms with van der Waals surface area (Å²) in [5.74, 6) is -2.25. The van der Waals surface area contributed by atoms with E-state index < -0.39 is 54.1 Å². The molecule has 1 fully saturated rings. The Kier molecular flexibility index (Phi) is 15.8. The fraction of sp³-hybridized carbons (Fsp3) is 0.385. The topological polar surface area (TPSA) is 151 Å². The lowest BCUT2D eigenvalue weighted by molar-refractivity contribution is -0.260. The maximum atomic E-state index is 12.6. The van der Waals surface area contributed by atoms with E-state index in [4.69, 9.17) is 18.9 Å². The monoisotopic (exact) mass is 701 g/mol. The average molecular weight is 702 g/mol. The lowest BCUT2D eigenvalue weighted by atomic mass is 9.92. The van der Waals surface area contributed by atoms with Crippen molar-refractivity contribution in [3.63, 3.8) is 0 Å². The molecular weight excluding hydrogens is 654 g/mol. The summed E-state index contributed by atoms with van der Waals surface area (Å²) >= 11 is 0. The lowest BCUT2D eigenvalue weighted by Gasteiger charge is -2.45. The van der Waals surface area contributed by atoms with Crippen molar-refractivity contribution >= 4 is 23.7 Å². The van der Waals surface area contributed by atoms with Gasteiger partial charge < -0.3 is 39.6 Å². The standard InChI is InChI=1S/C39H47N3O9/c1-27(39(46)47-3)42-35(45)23-41-34(44)22-40-33(43)21-13-20-32-37(49-25-30-16-9-5-10-17-30)38(50-26-31-18-11-6-12-19-31)36(28(2)51-32)48-24-29-14-7-4-8-15-29/h4-19,21,27-28,32,36-38H,20,22-26H2,1-3H3,(H,40,43)(H,41,44)(H,42,45)/b21-13+/t27-,28-,32+,36+,37+,38+/m0/s1. The van der Waals surface area contributed by atoms with Crippen molar-refractivity contribution in [2.24, 2.45) is 0 Å². The van der Waals surface area contributed by atoms with E-state index in [9.17, 15) is 19.2 Å². The number of ether oxygens (including phenoxy) is 5. The van der Waals surface area contributed by atoms with Gasteiger partial charge in [0.25, 0.3) is 0 Å². The van der Waals surface area contributed by atoms with E-state index in [2.05, 4.69) is 20.7 Å². The van der Waals surface area contributed by atoms with E-state index in [1.165, 1.54) is 20.1 Å². The lowest BCUT2D eigenvalue weighted by Crippen LogP contribution is -2.59. The van der Waals surface area contributed by atoms with Gasteiger partial charge in [-0.1, -0.05) is 97.1 Å². The molecule has 0 radical (unpaired) electrons. The zero-order chi connectivity index (χ0) is 36.4. The highest BCUT2D eigenvalue weighted by molar-refractivity contribution is 5.92. The van der Waals surface area contributed by atoms with Crippen LogP contribution in [0.5, 0.6) is 0 Å². The maximum Gasteiger partial charge on any atom is 0.328 e. The molecule has 3 aromatic carbocycles. The van der Waals surface area contributed by atoms with Gasteiger partial charge in [0.1, 0.15) is 24.4 Å². The molecule has 0 bridgehead atoms. The quantitative estimate of drug-likeness (QED) is 0.134. The van der Waals surface area contributed by atoms with Gasteiger partial charge in [-0.15, -0.1) is 0 Å². The molecule has 0 aliphatic carbocycles. The number of hydrogen-bond acceptors (Lipinski definition) is 9. The van der Waals surface area contributed by atoms with Crippen LogP contribution in [0.4, 0.5) is 0 Å². The summed E-state index contributed by atoms with van der Waals surface area (Å²) < 4.78 is 30.7. The van der Waals surface area contributed by atoms with Gasteiger partial charge in [-0.25, -0.2) is 4.79 Å². The molecule has 3 N–H and O–H groups in total. The summed E-state index contributed by atoms with van der Waals surface area (Å²) in [5.41, 5.74) is 3.02. The molecule has 272 valence electrons. The average Bonchev–Trinajstić information content (AvgIpc) is 3.15. The van der Waals surface area contributed by atoms with Crippen molar-refractivity contribution in [3.8, 4) is 0 Å². The molecule has 6 atom stereocenters. The number of methoxy groups -OCH3 is 1. The van der Waals surface area contributed by atoms with Gasteiger partial charge >= 0.3 is 5.97 Å². The molecule has 0 spiro atoms. The summed E-state index contributed by atoms with van der Waals surface area (Å²) in [5, 5.41) is 7.31. The van der Waals surface area contributed by atoms with Crippen LogP contribution in [-0.2, 0) is 62.7 Å². The first-order chi connectivity index (χ1) is 24.7. The highest BCUT2D eigenvalue weighted by Crippen LogP contribution is 2.32. The van der Waals surface area contributed by atoms with Crippen LogP contribution >= 0.6 is 0 Å². The second-order valence-corrected chi connectivity index (χ2v) is 12.1. The van der Waals surface area contributed by atoms with Gasteiger partial charge in [-0.2, -0.15) is 0 Å². The SMILES string of the molecule is COC(=O)[C@H](C)NC(=O)CNC(=O)CNC(=O)/C=C/C[C@H]1O[C@@H](C)[C@@H](OCc2ccccc2)[C@@H](OCc2ccccc2)[C@@H]1OCc1ccccc1. The third kappa shape index (κ3) is 13.1. The van der Waals surface area contributed by atoms with E-state index in [0.29, 0.717) is 26.2 Å². The van der Waals surface area contributed by atoms with E-state index in [0.717, 1.165) is 16.7 Å². The first kappa shape index (κ1) is 38.9. The Morgan fingerprint density at radius 2 is 1.20 bits per heavy atom. The maximum absolute atomic E-state index is 12.6. The van der Waals surface area contributed by atoms with Gasteiger partial charge in [0.2, 0.25) is 17.7 Å². The van der Waals surface area contributed by atoms with Gasteiger partial charge in [0.05, 0.1) is 52.2 Å². The third-order valence-electron chi connectivity index (χ3n) is 8.16. The molecule has 12 heteroatoms. The van der Waals surface area contributed by atoms with Crippen molar-refractivity contribution in [1.82, 2.24) is 16.0 Å². The van der Waals surface area contributed by atoms with Crippen LogP contribution in [0, 0.1) is 0 Å². The molecular formula is C39H47N3O9. The fourth-order valence-corrected chi connectivity index (χ4v) is 5.51. The number of carbonyl (C=O) groups is 4. The van der Waals surface area contributed by atoms with Gasteiger partial charge in [-0.3, -0.25) is 14.4 Å². The number of hydrogen-bond donors (Lipinski definition) is 3. The largest absolute Gasteiger partial charge is 0.467 e. The summed E-state index contributed by atoms with van der Waals surface area (Å²) in [6.45, 7) is 3.72. The second kappa shape index (κ2) is 20.7. The van der Waals surface area contributed by atoms with Crippen molar-refractivity contribution in [3.05, 3.63) is 120 Å². The van der Waals surface area contributed by atoms with Crippen molar-refractivity contribution in [1.29, 1.82) is 0 Å². The number of nitrogens with one attached hydrogen (secondary N) is 3. The molecule has 1 aliphatic heterocycles. The van der Waals surface area contributed by atoms with Crippen LogP contribution < -0.4 is 16.0 Å². The third-order valence-corrected chi connectivity index (χ3v) is 8.16. The minimum absolute atomic E-state index is 0.315. The first-order valence-electron chi connectivity index (χ1n) is 16.9. The van der Waals surface area contributed by atoms with Crippen LogP contribution in [-0.4, -0.2) is 80.5 Å². The van der Waals surface area contributed by atoms with Crippen molar-refractivity contribution in [2.45, 2.75) is 76.7 Å². The molecule has 0 saturated carbocycles. The number of carbonyl (C=O) groups excluding carboxylic acids is 4. The Labute approximate surface area is 298 Å². The fourth-order valence-electron chi connectivity index (χ4n) is 5.51. The molecule has 0 aromatic heterocycles. The van der Waals surface area contributed by atoms with E-state index in [1.54, 1.807) is 6.08 Å². The molecule has 3 aromatic rings. The summed E-state index contributed by atoms with van der Waals surface area (Å²) in [6.07, 6.45) is 0.945. The zero-order valence-corrected chi connectivity index (χ0v) is 29.2. The molecule has 12 nitrogen and oxygen atoms in total. The van der Waals surface area contributed by atoms with E-state index in [1.807, 2.05) is 97.9 Å². The smallest absolute Gasteiger partial charge is 0.328 e. The highest BCUT2D eigenvalue weighted by atomic mass is 16.6. The summed E-state index contributed by atoms with van der Waals surface area (Å²) in [4.78, 5) is 48.2. The number of amides is 3. The molecule has 1 saturated heterocycles. The van der Waals surface area contributed by atoms with Crippen LogP contribution in [0.1, 0.15) is 37.0 Å². The minimum Gasteiger partial charge on any atom is -0.467 e. The Balaban J connectivity index is 1.40. The molecule has 1 aliphatic rings. The minimum atomic E-state index is -0.859. The normalized spacial score (nSPS) is 20.6. The van der Waals surface area contributed by atoms with Gasteiger partial charge in [0, 0.05) is 0 Å². The molecule has 0 unspecified atom stereocenters. The molecule has 1 heterocycles. The molecule has 51 heavy (non-hydrogen) atoms. The Morgan fingerprint density at radius 3 is 1.73 bits per heavy atom. The number of benzene rings is 3. The van der Waals surface area contributed by atoms with Crippen molar-refractivity contribution < 1.29 is 42.9 Å². The Morgan fingerprint density at radius 1 is 0.706 bits per heavy atom. The number of esters is 1. The summed E-state index contributed by atoms with van der Waals surface area (Å²) in [6, 6.07) is 28.7. The van der Waals surface area contributed by atoms with Crippen LogP contribution in [0.2, 0.25) is 0 Å². The zero-order valence-electron chi connectivity index (χ0n) is 29.2. The van der Waals surface area contributed by atoms with Gasteiger partial charge in [-0.05, 0) is 43.0 Å². The van der Waals surface area contributed by atoms with Crippen LogP contribution in [0.25, 0.3) is 0 Å². The van der Waals surface area contributed by atoms with E-state index >= 15 is 0 Å². The predicted molar refractivity (Wildman–Crippen MR) is 189 cm³/mol. The Bertz CT molecular complexity index is 1560. The predicted octanol–water partition coefficient (Wildman–Crippen LogP) is 3.39. The second-order valence-electron chi connectivity index (χ2n) is 12.1. The molecule has 4 rings (SSSR count). The highest BCUT2D eigenvalue weighted by Gasteiger charge is 2.46. The van der Waals surface area contributed by atoms with Crippen molar-refractivity contribution in [2.75, 3.05) is 20.2 Å². The van der Waals surface area contributed by atoms with Crippen LogP contribution in [0.15, 0.2) is 103 Å². The van der Waals surface area contributed by atoms with Gasteiger partial charge in [0.15, 0.2) is 0 Å². The summed E-state index contributed by atoms with van der Waals surface area (Å²) in [7, 11) is 1.21. The number of rotatable bonds is 18. The van der Waals surface area contributed by atoms with E-state index in [-0.39, 0.29) is 19.2 Å². The Hall–Kier alpha value is -4.88. The van der Waals surface area contributed by atoms with Crippen LogP contribution in [0.3, 0.4) is 0 Å². The first-order valence-corrected chi connectivity index (χ1v) is 16.9.